The maximum atomic E-state index is 12.3. The van der Waals surface area contributed by atoms with Crippen LogP contribution >= 0.6 is 11.8 Å². The minimum Gasteiger partial charge on any atom is -0.341 e. The summed E-state index contributed by atoms with van der Waals surface area (Å²) < 4.78 is 1.97. The van der Waals surface area contributed by atoms with Gasteiger partial charge in [0, 0.05) is 18.8 Å². The minimum absolute atomic E-state index is 0.0702. The van der Waals surface area contributed by atoms with Gasteiger partial charge in [-0.2, -0.15) is 5.26 Å². The third kappa shape index (κ3) is 4.19. The fourth-order valence-corrected chi connectivity index (χ4v) is 3.88. The number of hydrogen-bond donors (Lipinski definition) is 1. The van der Waals surface area contributed by atoms with Gasteiger partial charge in [-0.15, -0.1) is 10.2 Å². The molecule has 2 heterocycles. The highest BCUT2D eigenvalue weighted by molar-refractivity contribution is 7.99. The Hall–Kier alpha value is -2.66. The molecule has 3 rings (SSSR count). The van der Waals surface area contributed by atoms with Gasteiger partial charge in [-0.05, 0) is 38.8 Å². The summed E-state index contributed by atoms with van der Waals surface area (Å²) in [6, 6.07) is 10.0. The summed E-state index contributed by atoms with van der Waals surface area (Å²) in [5.74, 6) is -0.410. The zero-order valence-corrected chi connectivity index (χ0v) is 16.3. The number of aromatic nitrogens is 3. The van der Waals surface area contributed by atoms with E-state index in [-0.39, 0.29) is 17.2 Å². The Bertz CT molecular complexity index is 877. The van der Waals surface area contributed by atoms with Crippen LogP contribution in [0.3, 0.4) is 0 Å². The third-order valence-electron chi connectivity index (χ3n) is 4.52. The summed E-state index contributed by atoms with van der Waals surface area (Å²) >= 11 is 1.26. The lowest BCUT2D eigenvalue weighted by molar-refractivity contribution is -0.117. The highest BCUT2D eigenvalue weighted by atomic mass is 32.2. The van der Waals surface area contributed by atoms with Crippen LogP contribution in [0.4, 0.5) is 5.95 Å². The molecule has 27 heavy (non-hydrogen) atoms. The zero-order chi connectivity index (χ0) is 19.4. The van der Waals surface area contributed by atoms with Crippen LogP contribution in [0.2, 0.25) is 0 Å². The molecule has 2 aromatic rings. The van der Waals surface area contributed by atoms with Crippen molar-refractivity contribution in [2.45, 2.75) is 31.8 Å². The van der Waals surface area contributed by atoms with E-state index in [9.17, 15) is 4.79 Å². The SMILES string of the molecule is CC(=N)[C@H](C#N)C(=O)CSc1nnc(N2CCCC2)n1-c1ccc(C)cc1. The van der Waals surface area contributed by atoms with Crippen LogP contribution < -0.4 is 4.90 Å². The Morgan fingerprint density at radius 2 is 1.96 bits per heavy atom. The molecule has 1 atom stereocenters. The van der Waals surface area contributed by atoms with Crippen LogP contribution in [0, 0.1) is 29.6 Å². The molecule has 1 aliphatic heterocycles. The molecule has 0 unspecified atom stereocenters. The third-order valence-corrected chi connectivity index (χ3v) is 5.48. The molecule has 1 fully saturated rings. The smallest absolute Gasteiger partial charge is 0.232 e. The maximum Gasteiger partial charge on any atom is 0.232 e. The first kappa shape index (κ1) is 19.1. The molecule has 0 bridgehead atoms. The molecule has 1 saturated heterocycles. The molecule has 140 valence electrons. The van der Waals surface area contributed by atoms with Crippen LogP contribution in [0.15, 0.2) is 29.4 Å². The summed E-state index contributed by atoms with van der Waals surface area (Å²) in [4.78, 5) is 14.5. The number of aryl methyl sites for hydroxylation is 1. The Morgan fingerprint density at radius 3 is 2.56 bits per heavy atom. The maximum absolute atomic E-state index is 12.3. The summed E-state index contributed by atoms with van der Waals surface area (Å²) in [5.41, 5.74) is 2.18. The van der Waals surface area contributed by atoms with E-state index in [1.807, 2.05) is 41.8 Å². The number of nitrogens with one attached hydrogen (secondary N) is 1. The van der Waals surface area contributed by atoms with Gasteiger partial charge in [-0.25, -0.2) is 0 Å². The van der Waals surface area contributed by atoms with Crippen molar-refractivity contribution in [3.05, 3.63) is 29.8 Å². The summed E-state index contributed by atoms with van der Waals surface area (Å²) in [5, 5.41) is 26.0. The molecule has 1 N–H and O–H groups in total. The molecular formula is C19H22N6OS. The number of nitrogens with zero attached hydrogens (tertiary/aromatic N) is 5. The Morgan fingerprint density at radius 1 is 1.30 bits per heavy atom. The summed E-state index contributed by atoms with van der Waals surface area (Å²) in [6.07, 6.45) is 2.26. The molecule has 0 radical (unpaired) electrons. The van der Waals surface area contributed by atoms with Gasteiger partial charge in [0.25, 0.3) is 0 Å². The van der Waals surface area contributed by atoms with Crippen molar-refractivity contribution in [2.75, 3.05) is 23.7 Å². The molecule has 0 aliphatic carbocycles. The van der Waals surface area contributed by atoms with Gasteiger partial charge in [0.05, 0.1) is 17.5 Å². The van der Waals surface area contributed by atoms with Crippen molar-refractivity contribution in [1.82, 2.24) is 14.8 Å². The van der Waals surface area contributed by atoms with Gasteiger partial charge in [-0.3, -0.25) is 9.36 Å². The van der Waals surface area contributed by atoms with Crippen molar-refractivity contribution in [3.8, 4) is 11.8 Å². The molecule has 1 aromatic heterocycles. The van der Waals surface area contributed by atoms with Crippen molar-refractivity contribution in [2.24, 2.45) is 5.92 Å². The van der Waals surface area contributed by atoms with Crippen molar-refractivity contribution < 1.29 is 4.79 Å². The lowest BCUT2D eigenvalue weighted by atomic mass is 10.0. The lowest BCUT2D eigenvalue weighted by Crippen LogP contribution is -2.23. The van der Waals surface area contributed by atoms with E-state index in [4.69, 9.17) is 10.7 Å². The van der Waals surface area contributed by atoms with Gasteiger partial charge in [0.15, 0.2) is 10.9 Å². The number of carbonyl (C=O) groups is 1. The second-order valence-electron chi connectivity index (χ2n) is 6.65. The van der Waals surface area contributed by atoms with Gasteiger partial charge >= 0.3 is 0 Å². The fourth-order valence-electron chi connectivity index (χ4n) is 3.03. The van der Waals surface area contributed by atoms with Crippen LogP contribution in [-0.4, -0.2) is 45.1 Å². The van der Waals surface area contributed by atoms with E-state index in [0.29, 0.717) is 5.16 Å². The average molecular weight is 382 g/mol. The number of hydrogen-bond acceptors (Lipinski definition) is 7. The van der Waals surface area contributed by atoms with E-state index in [1.54, 1.807) is 0 Å². The highest BCUT2D eigenvalue weighted by Crippen LogP contribution is 2.29. The predicted octanol–water partition coefficient (Wildman–Crippen LogP) is 3.02. The van der Waals surface area contributed by atoms with E-state index in [2.05, 4.69) is 15.1 Å². The molecule has 1 aliphatic rings. The molecular weight excluding hydrogens is 360 g/mol. The molecule has 0 amide bonds. The topological polar surface area (TPSA) is 98.7 Å². The van der Waals surface area contributed by atoms with E-state index in [1.165, 1.54) is 18.7 Å². The second-order valence-corrected chi connectivity index (χ2v) is 7.59. The molecule has 7 nitrogen and oxygen atoms in total. The predicted molar refractivity (Wildman–Crippen MR) is 106 cm³/mol. The number of nitriles is 1. The van der Waals surface area contributed by atoms with Crippen molar-refractivity contribution in [1.29, 1.82) is 10.7 Å². The minimum atomic E-state index is -0.994. The van der Waals surface area contributed by atoms with Crippen molar-refractivity contribution in [3.63, 3.8) is 0 Å². The Labute approximate surface area is 162 Å². The number of rotatable bonds is 7. The Kier molecular flexibility index (Phi) is 5.91. The Balaban J connectivity index is 1.89. The van der Waals surface area contributed by atoms with Gasteiger partial charge in [0.1, 0.15) is 5.92 Å². The molecule has 0 spiro atoms. The zero-order valence-electron chi connectivity index (χ0n) is 15.5. The fraction of sp³-hybridized carbons (Fsp3) is 0.421. The van der Waals surface area contributed by atoms with Crippen LogP contribution in [0.25, 0.3) is 5.69 Å². The molecule has 0 saturated carbocycles. The first-order chi connectivity index (χ1) is 13.0. The average Bonchev–Trinajstić information content (AvgIpc) is 3.30. The van der Waals surface area contributed by atoms with Gasteiger partial charge in [-0.1, -0.05) is 29.5 Å². The number of thioether (sulfide) groups is 1. The number of anilines is 1. The van der Waals surface area contributed by atoms with Crippen LogP contribution in [0.1, 0.15) is 25.3 Å². The first-order valence-electron chi connectivity index (χ1n) is 8.89. The van der Waals surface area contributed by atoms with E-state index >= 15 is 0 Å². The summed E-state index contributed by atoms with van der Waals surface area (Å²) in [7, 11) is 0. The number of benzene rings is 1. The van der Waals surface area contributed by atoms with Crippen LogP contribution in [0.5, 0.6) is 0 Å². The number of ketones is 1. The lowest BCUT2D eigenvalue weighted by Gasteiger charge is -2.18. The number of carbonyl (C=O) groups excluding carboxylic acids is 1. The number of Topliss-reactive ketones (excluding diaryl/α,β-unsaturated/α-hetero) is 1. The second kappa shape index (κ2) is 8.35. The molecule has 8 heteroatoms. The van der Waals surface area contributed by atoms with Crippen molar-refractivity contribution >= 4 is 29.2 Å². The van der Waals surface area contributed by atoms with Gasteiger partial charge in [0.2, 0.25) is 5.95 Å². The highest BCUT2D eigenvalue weighted by Gasteiger charge is 2.25. The first-order valence-corrected chi connectivity index (χ1v) is 9.87. The van der Waals surface area contributed by atoms with Gasteiger partial charge < -0.3 is 10.3 Å². The standard InChI is InChI=1S/C19H22N6OS/c1-13-5-7-15(8-6-13)25-18(24-9-3-4-10-24)22-23-19(25)27-12-17(26)16(11-20)14(2)21/h5-8,16,21H,3-4,9-10,12H2,1-2H3/t16-/m0/s1. The summed E-state index contributed by atoms with van der Waals surface area (Å²) in [6.45, 7) is 5.40. The van der Waals surface area contributed by atoms with Crippen LogP contribution in [-0.2, 0) is 4.79 Å². The monoisotopic (exact) mass is 382 g/mol. The normalized spacial score (nSPS) is 14.8. The van der Waals surface area contributed by atoms with E-state index < -0.39 is 5.92 Å². The largest absolute Gasteiger partial charge is 0.341 e. The van der Waals surface area contributed by atoms with E-state index in [0.717, 1.165) is 43.1 Å². The molecule has 1 aromatic carbocycles. The quantitative estimate of drug-likeness (QED) is 0.584.